The minimum Gasteiger partial charge on any atom is -0.481 e. The number of hydrogen-bond acceptors (Lipinski definition) is 2. The minimum atomic E-state index is -0.671. The Morgan fingerprint density at radius 3 is 0.941 bits per heavy atom. The van der Waals surface area contributed by atoms with Crippen molar-refractivity contribution in [2.45, 2.75) is 53.4 Å². The molecule has 0 aromatic rings. The average Bonchev–Trinajstić information content (AvgIpc) is 2.21. The third-order valence-electron chi connectivity index (χ3n) is 2.67. The van der Waals surface area contributed by atoms with Crippen LogP contribution in [0.2, 0.25) is 0 Å². The van der Waals surface area contributed by atoms with Crippen molar-refractivity contribution in [2.24, 2.45) is 11.8 Å². The fraction of sp³-hybridized carbons (Fsp3) is 0.833. The van der Waals surface area contributed by atoms with E-state index in [4.69, 9.17) is 10.2 Å². The Morgan fingerprint density at radius 1 is 0.765 bits per heavy atom. The van der Waals surface area contributed by atoms with Gasteiger partial charge in [0.2, 0.25) is 0 Å². The first-order chi connectivity index (χ1) is 7.44. The zero-order valence-corrected chi connectivity index (χ0v) is 11.9. The molecule has 5 heteroatoms. The largest absolute Gasteiger partial charge is 0.481 e. The van der Waals surface area contributed by atoms with Crippen LogP contribution >= 0.6 is 0 Å². The number of carboxylic acid groups (broad SMARTS) is 2. The second kappa shape index (κ2) is 13.5. The Balaban J connectivity index is -0.000000218. The number of rotatable bonds is 6. The van der Waals surface area contributed by atoms with Crippen LogP contribution in [0.5, 0.6) is 0 Å². The van der Waals surface area contributed by atoms with Crippen molar-refractivity contribution in [3.63, 3.8) is 0 Å². The standard InChI is InChI=1S/2C6H12O2.Cu/c2*1-3-5(4-2)6(7)8;/h2*5H,3-4H2,1-2H3,(H,7,8);. The van der Waals surface area contributed by atoms with E-state index in [2.05, 4.69) is 0 Å². The Labute approximate surface area is 114 Å². The van der Waals surface area contributed by atoms with E-state index in [1.165, 1.54) is 0 Å². The molecule has 0 saturated heterocycles. The maximum Gasteiger partial charge on any atom is 0.306 e. The third-order valence-corrected chi connectivity index (χ3v) is 2.67. The molecule has 2 N–H and O–H groups in total. The maximum atomic E-state index is 10.2. The van der Waals surface area contributed by atoms with E-state index in [1.54, 1.807) is 0 Å². The van der Waals surface area contributed by atoms with Gasteiger partial charge in [-0.1, -0.05) is 27.7 Å². The number of carbonyl (C=O) groups is 2. The number of carboxylic acids is 2. The Hall–Kier alpha value is -0.541. The molecule has 0 rings (SSSR count). The van der Waals surface area contributed by atoms with E-state index in [1.807, 2.05) is 27.7 Å². The SMILES string of the molecule is CCC(CC)C(=O)O.CCC(CC)C(=O)O.[Cu]. The van der Waals surface area contributed by atoms with Crippen LogP contribution < -0.4 is 0 Å². The molecule has 0 aromatic carbocycles. The van der Waals surface area contributed by atoms with E-state index in [9.17, 15) is 9.59 Å². The molecule has 0 aliphatic heterocycles. The quantitative estimate of drug-likeness (QED) is 0.739. The first kappa shape index (κ1) is 21.7. The molecule has 0 aliphatic carbocycles. The zero-order valence-electron chi connectivity index (χ0n) is 11.0. The number of hydrogen-bond donors (Lipinski definition) is 2. The summed E-state index contributed by atoms with van der Waals surface area (Å²) in [4.78, 5) is 20.3. The molecular weight excluding hydrogens is 272 g/mol. The Kier molecular flexibility index (Phi) is 17.3. The first-order valence-corrected chi connectivity index (χ1v) is 5.89. The van der Waals surface area contributed by atoms with Crippen molar-refractivity contribution in [1.29, 1.82) is 0 Å². The summed E-state index contributed by atoms with van der Waals surface area (Å²) in [6.07, 6.45) is 2.97. The van der Waals surface area contributed by atoms with Crippen LogP contribution in [0.1, 0.15) is 53.4 Å². The summed E-state index contributed by atoms with van der Waals surface area (Å²) in [5.74, 6) is -1.60. The number of aliphatic carboxylic acids is 2. The Bertz CT molecular complexity index is 177. The van der Waals surface area contributed by atoms with E-state index >= 15 is 0 Å². The predicted molar refractivity (Wildman–Crippen MR) is 63.4 cm³/mol. The predicted octanol–water partition coefficient (Wildman–Crippen LogP) is 3.01. The molecule has 0 amide bonds. The first-order valence-electron chi connectivity index (χ1n) is 5.89. The van der Waals surface area contributed by atoms with Gasteiger partial charge in [0.15, 0.2) is 0 Å². The molecule has 0 bridgehead atoms. The molecule has 0 spiro atoms. The summed E-state index contributed by atoms with van der Waals surface area (Å²) < 4.78 is 0. The zero-order chi connectivity index (χ0) is 13.1. The van der Waals surface area contributed by atoms with E-state index in [0.717, 1.165) is 25.7 Å². The van der Waals surface area contributed by atoms with Crippen molar-refractivity contribution < 1.29 is 36.9 Å². The van der Waals surface area contributed by atoms with Gasteiger partial charge in [0, 0.05) is 17.1 Å². The van der Waals surface area contributed by atoms with E-state index in [0.29, 0.717) is 0 Å². The van der Waals surface area contributed by atoms with Gasteiger partial charge in [-0.3, -0.25) is 9.59 Å². The van der Waals surface area contributed by atoms with Gasteiger partial charge in [0.1, 0.15) is 0 Å². The van der Waals surface area contributed by atoms with Gasteiger partial charge < -0.3 is 10.2 Å². The van der Waals surface area contributed by atoms with Crippen molar-refractivity contribution in [3.05, 3.63) is 0 Å². The van der Waals surface area contributed by atoms with Crippen molar-refractivity contribution in [2.75, 3.05) is 0 Å². The fourth-order valence-corrected chi connectivity index (χ4v) is 1.28. The second-order valence-corrected chi connectivity index (χ2v) is 3.70. The topological polar surface area (TPSA) is 74.6 Å². The summed E-state index contributed by atoms with van der Waals surface area (Å²) in [7, 11) is 0. The monoisotopic (exact) mass is 295 g/mol. The molecule has 107 valence electrons. The van der Waals surface area contributed by atoms with Gasteiger partial charge in [-0.05, 0) is 25.7 Å². The molecule has 0 heterocycles. The van der Waals surface area contributed by atoms with Crippen LogP contribution in [-0.2, 0) is 26.7 Å². The molecule has 0 aromatic heterocycles. The Morgan fingerprint density at radius 2 is 0.941 bits per heavy atom. The fourth-order valence-electron chi connectivity index (χ4n) is 1.28. The molecular formula is C12H24CuO4. The van der Waals surface area contributed by atoms with Crippen LogP contribution in [0.15, 0.2) is 0 Å². The van der Waals surface area contributed by atoms with Crippen LogP contribution in [0.4, 0.5) is 0 Å². The second-order valence-electron chi connectivity index (χ2n) is 3.70. The molecule has 0 unspecified atom stereocenters. The third kappa shape index (κ3) is 11.7. The molecule has 1 radical (unpaired) electrons. The van der Waals surface area contributed by atoms with Crippen molar-refractivity contribution >= 4 is 11.9 Å². The van der Waals surface area contributed by atoms with Crippen LogP contribution in [0, 0.1) is 11.8 Å². The molecule has 0 fully saturated rings. The normalized spacial score (nSPS) is 9.29. The maximum absolute atomic E-state index is 10.2. The molecule has 17 heavy (non-hydrogen) atoms. The van der Waals surface area contributed by atoms with Gasteiger partial charge in [0.05, 0.1) is 11.8 Å². The van der Waals surface area contributed by atoms with Gasteiger partial charge in [-0.15, -0.1) is 0 Å². The van der Waals surface area contributed by atoms with Gasteiger partial charge in [0.25, 0.3) is 0 Å². The van der Waals surface area contributed by atoms with Crippen LogP contribution in [-0.4, -0.2) is 22.2 Å². The van der Waals surface area contributed by atoms with Gasteiger partial charge >= 0.3 is 11.9 Å². The molecule has 0 saturated carbocycles. The van der Waals surface area contributed by atoms with Crippen molar-refractivity contribution in [3.8, 4) is 0 Å². The van der Waals surface area contributed by atoms with Crippen molar-refractivity contribution in [1.82, 2.24) is 0 Å². The minimum absolute atomic E-state index is 0. The molecule has 0 aliphatic rings. The van der Waals surface area contributed by atoms with Crippen LogP contribution in [0.25, 0.3) is 0 Å². The smallest absolute Gasteiger partial charge is 0.306 e. The summed E-state index contributed by atoms with van der Waals surface area (Å²) in [5.41, 5.74) is 0. The van der Waals surface area contributed by atoms with E-state index in [-0.39, 0.29) is 28.9 Å². The van der Waals surface area contributed by atoms with Crippen LogP contribution in [0.3, 0.4) is 0 Å². The summed E-state index contributed by atoms with van der Waals surface area (Å²) in [5, 5.41) is 16.7. The van der Waals surface area contributed by atoms with Gasteiger partial charge in [-0.2, -0.15) is 0 Å². The average molecular weight is 296 g/mol. The summed E-state index contributed by atoms with van der Waals surface area (Å²) >= 11 is 0. The van der Waals surface area contributed by atoms with E-state index < -0.39 is 11.9 Å². The summed E-state index contributed by atoms with van der Waals surface area (Å²) in [6, 6.07) is 0. The summed E-state index contributed by atoms with van der Waals surface area (Å²) in [6.45, 7) is 7.56. The molecule has 4 nitrogen and oxygen atoms in total. The van der Waals surface area contributed by atoms with Gasteiger partial charge in [-0.25, -0.2) is 0 Å². The molecule has 0 atom stereocenters.